The average Bonchev–Trinajstić information content (AvgIpc) is 3.40. The summed E-state index contributed by atoms with van der Waals surface area (Å²) in [6.07, 6.45) is 1.76. The summed E-state index contributed by atoms with van der Waals surface area (Å²) < 4.78 is 30.2. The van der Waals surface area contributed by atoms with Crippen LogP contribution in [0.1, 0.15) is 53.9 Å². The van der Waals surface area contributed by atoms with Gasteiger partial charge in [0.1, 0.15) is 12.4 Å². The maximum Gasteiger partial charge on any atom is 0.343 e. The van der Waals surface area contributed by atoms with E-state index in [0.717, 1.165) is 14.7 Å². The van der Waals surface area contributed by atoms with Crippen molar-refractivity contribution in [1.82, 2.24) is 4.57 Å². The molecule has 1 aliphatic rings. The van der Waals surface area contributed by atoms with Gasteiger partial charge in [0.25, 0.3) is 5.56 Å². The maximum absolute atomic E-state index is 14.1. The van der Waals surface area contributed by atoms with Gasteiger partial charge in [0.2, 0.25) is 0 Å². The standard InChI is InChI=1S/C36H33IN2O10S/c1-5-46-28-17-24(12-14-27(28)49-19-30(40)45-4)32-31(35(44)47-6-2)20(3)38-36-39(32)33(41)29(50-36)16-22-9-13-26(25(37)15-22)48-18-21-7-10-23(11-8-21)34(42)43/h7-17,32H,5-6,18-19H2,1-4H3,(H,42,43)/b29-16-/t32-/m1/s1. The van der Waals surface area contributed by atoms with Crippen LogP contribution in [-0.2, 0) is 25.7 Å². The molecular formula is C36H33IN2O10S. The van der Waals surface area contributed by atoms with Gasteiger partial charge in [-0.2, -0.15) is 0 Å². The molecular weight excluding hydrogens is 779 g/mol. The van der Waals surface area contributed by atoms with E-state index in [0.29, 0.717) is 44.4 Å². The summed E-state index contributed by atoms with van der Waals surface area (Å²) in [6.45, 7) is 5.56. The molecule has 260 valence electrons. The van der Waals surface area contributed by atoms with E-state index < -0.39 is 23.9 Å². The van der Waals surface area contributed by atoms with Crippen LogP contribution in [0.25, 0.3) is 6.08 Å². The van der Waals surface area contributed by atoms with Gasteiger partial charge in [-0.3, -0.25) is 9.36 Å². The van der Waals surface area contributed by atoms with E-state index in [1.165, 1.54) is 35.1 Å². The molecule has 0 radical (unpaired) electrons. The summed E-state index contributed by atoms with van der Waals surface area (Å²) in [7, 11) is 1.26. The molecule has 0 aliphatic carbocycles. The molecule has 1 atom stereocenters. The van der Waals surface area contributed by atoms with Crippen LogP contribution in [0.3, 0.4) is 0 Å². The highest BCUT2D eigenvalue weighted by Gasteiger charge is 2.34. The predicted molar refractivity (Wildman–Crippen MR) is 192 cm³/mol. The minimum Gasteiger partial charge on any atom is -0.490 e. The lowest BCUT2D eigenvalue weighted by Crippen LogP contribution is -2.40. The van der Waals surface area contributed by atoms with Crippen molar-refractivity contribution in [3.63, 3.8) is 0 Å². The number of fused-ring (bicyclic) bond motifs is 1. The number of aromatic nitrogens is 1. The molecule has 14 heteroatoms. The molecule has 2 heterocycles. The van der Waals surface area contributed by atoms with Crippen LogP contribution >= 0.6 is 33.9 Å². The highest BCUT2D eigenvalue weighted by molar-refractivity contribution is 14.1. The van der Waals surface area contributed by atoms with Gasteiger partial charge in [-0.1, -0.05) is 35.6 Å². The van der Waals surface area contributed by atoms with Gasteiger partial charge in [-0.05, 0) is 103 Å². The Bertz CT molecular complexity index is 2150. The van der Waals surface area contributed by atoms with Crippen molar-refractivity contribution in [3.05, 3.63) is 117 Å². The fourth-order valence-corrected chi connectivity index (χ4v) is 6.91. The number of methoxy groups -OCH3 is 1. The van der Waals surface area contributed by atoms with E-state index in [2.05, 4.69) is 32.3 Å². The largest absolute Gasteiger partial charge is 0.490 e. The molecule has 4 aromatic rings. The average molecular weight is 813 g/mol. The van der Waals surface area contributed by atoms with Crippen molar-refractivity contribution >= 4 is 57.9 Å². The van der Waals surface area contributed by atoms with Gasteiger partial charge in [0.05, 0.1) is 51.3 Å². The summed E-state index contributed by atoms with van der Waals surface area (Å²) in [5, 5.41) is 9.12. The fraction of sp³-hybridized carbons (Fsp3) is 0.250. The summed E-state index contributed by atoms with van der Waals surface area (Å²) in [4.78, 5) is 55.4. The number of aromatic carboxylic acids is 1. The third kappa shape index (κ3) is 8.08. The van der Waals surface area contributed by atoms with Crippen molar-refractivity contribution in [1.29, 1.82) is 0 Å². The van der Waals surface area contributed by atoms with Crippen LogP contribution in [0.4, 0.5) is 0 Å². The van der Waals surface area contributed by atoms with E-state index in [1.807, 2.05) is 12.1 Å². The SMILES string of the molecule is CCOC(=O)C1=C(C)N=c2s/c(=C\c3ccc(OCc4ccc(C(=O)O)cc4)c(I)c3)c(=O)n2[C@@H]1c1ccc(OCC(=O)OC)c(OCC)c1. The smallest absolute Gasteiger partial charge is 0.343 e. The number of rotatable bonds is 13. The molecule has 0 unspecified atom stereocenters. The maximum atomic E-state index is 14.1. The quantitative estimate of drug-likeness (QED) is 0.150. The van der Waals surface area contributed by atoms with Crippen LogP contribution < -0.4 is 29.1 Å². The van der Waals surface area contributed by atoms with Crippen molar-refractivity contribution in [2.24, 2.45) is 4.99 Å². The molecule has 3 aromatic carbocycles. The Kier molecular flexibility index (Phi) is 11.7. The molecule has 12 nitrogen and oxygen atoms in total. The van der Waals surface area contributed by atoms with E-state index in [4.69, 9.17) is 24.1 Å². The van der Waals surface area contributed by atoms with E-state index in [9.17, 15) is 19.2 Å². The molecule has 0 saturated carbocycles. The first-order chi connectivity index (χ1) is 24.0. The Morgan fingerprint density at radius 1 is 0.960 bits per heavy atom. The Morgan fingerprint density at radius 2 is 1.70 bits per heavy atom. The molecule has 50 heavy (non-hydrogen) atoms. The zero-order valence-electron chi connectivity index (χ0n) is 27.6. The number of ether oxygens (including phenoxy) is 5. The topological polar surface area (TPSA) is 152 Å². The zero-order valence-corrected chi connectivity index (χ0v) is 30.5. The fourth-order valence-electron chi connectivity index (χ4n) is 5.16. The van der Waals surface area contributed by atoms with Crippen molar-refractivity contribution in [2.75, 3.05) is 26.9 Å². The predicted octanol–water partition coefficient (Wildman–Crippen LogP) is 4.63. The second-order valence-electron chi connectivity index (χ2n) is 10.8. The minimum atomic E-state index is -0.992. The molecule has 0 saturated heterocycles. The molecule has 1 aromatic heterocycles. The van der Waals surface area contributed by atoms with Crippen LogP contribution in [0.2, 0.25) is 0 Å². The van der Waals surface area contributed by atoms with Crippen LogP contribution in [0, 0.1) is 3.57 Å². The summed E-state index contributed by atoms with van der Waals surface area (Å²) in [6, 6.07) is 16.1. The number of benzene rings is 3. The number of allylic oxidation sites excluding steroid dienone is 1. The summed E-state index contributed by atoms with van der Waals surface area (Å²) in [5.41, 5.74) is 2.60. The van der Waals surface area contributed by atoms with E-state index in [-0.39, 0.29) is 36.5 Å². The van der Waals surface area contributed by atoms with Gasteiger partial charge >= 0.3 is 17.9 Å². The first-order valence-corrected chi connectivity index (χ1v) is 17.3. The number of hydrogen-bond donors (Lipinski definition) is 1. The third-order valence-electron chi connectivity index (χ3n) is 7.52. The van der Waals surface area contributed by atoms with Gasteiger partial charge < -0.3 is 28.8 Å². The van der Waals surface area contributed by atoms with Gasteiger partial charge in [-0.25, -0.2) is 19.4 Å². The van der Waals surface area contributed by atoms with Crippen molar-refractivity contribution in [3.8, 4) is 17.2 Å². The minimum absolute atomic E-state index is 0.132. The van der Waals surface area contributed by atoms with Gasteiger partial charge in [0, 0.05) is 0 Å². The highest BCUT2D eigenvalue weighted by atomic mass is 127. The first kappa shape index (κ1) is 36.3. The lowest BCUT2D eigenvalue weighted by molar-refractivity contribution is -0.143. The second kappa shape index (κ2) is 16.2. The number of thiazole rings is 1. The van der Waals surface area contributed by atoms with E-state index in [1.54, 1.807) is 63.2 Å². The lowest BCUT2D eigenvalue weighted by Gasteiger charge is -2.25. The Balaban J connectivity index is 1.51. The number of nitrogens with zero attached hydrogens (tertiary/aromatic N) is 2. The molecule has 1 aliphatic heterocycles. The number of esters is 2. The van der Waals surface area contributed by atoms with Crippen LogP contribution in [-0.4, -0.2) is 54.5 Å². The number of hydrogen-bond acceptors (Lipinski definition) is 11. The summed E-state index contributed by atoms with van der Waals surface area (Å²) >= 11 is 3.36. The van der Waals surface area contributed by atoms with Crippen molar-refractivity contribution in [2.45, 2.75) is 33.4 Å². The number of carbonyl (C=O) groups excluding carboxylic acids is 2. The first-order valence-electron chi connectivity index (χ1n) is 15.4. The monoisotopic (exact) mass is 812 g/mol. The second-order valence-corrected chi connectivity index (χ2v) is 13.0. The molecule has 5 rings (SSSR count). The van der Waals surface area contributed by atoms with E-state index >= 15 is 0 Å². The number of carbonyl (C=O) groups is 3. The van der Waals surface area contributed by atoms with Gasteiger partial charge in [-0.15, -0.1) is 0 Å². The summed E-state index contributed by atoms with van der Waals surface area (Å²) in [5.74, 6) is -0.902. The molecule has 0 spiro atoms. The Hall–Kier alpha value is -4.96. The Morgan fingerprint density at radius 3 is 2.36 bits per heavy atom. The number of carboxylic acid groups (broad SMARTS) is 1. The third-order valence-corrected chi connectivity index (χ3v) is 9.35. The zero-order chi connectivity index (χ0) is 35.9. The highest BCUT2D eigenvalue weighted by Crippen LogP contribution is 2.36. The molecule has 0 amide bonds. The molecule has 0 fully saturated rings. The molecule has 0 bridgehead atoms. The normalized spacial score (nSPS) is 14.0. The van der Waals surface area contributed by atoms with Crippen LogP contribution in [0.5, 0.6) is 17.2 Å². The van der Waals surface area contributed by atoms with Crippen molar-refractivity contribution < 1.29 is 43.2 Å². The lowest BCUT2D eigenvalue weighted by atomic mass is 9.95. The number of carboxylic acids is 1. The van der Waals surface area contributed by atoms with Crippen LogP contribution in [0.15, 0.2) is 81.7 Å². The number of halogens is 1. The Labute approximate surface area is 304 Å². The molecule has 1 N–H and O–H groups in total. The van der Waals surface area contributed by atoms with Gasteiger partial charge in [0.15, 0.2) is 22.9 Å².